The molecule has 1 atom stereocenters. The molecule has 0 aromatic rings. The van der Waals surface area contributed by atoms with Crippen molar-refractivity contribution in [1.29, 1.82) is 0 Å². The van der Waals surface area contributed by atoms with E-state index < -0.39 is 0 Å². The molecule has 0 amide bonds. The van der Waals surface area contributed by atoms with Gasteiger partial charge in [0.2, 0.25) is 0 Å². The van der Waals surface area contributed by atoms with Crippen LogP contribution in [0.25, 0.3) is 0 Å². The van der Waals surface area contributed by atoms with Crippen LogP contribution in [0.3, 0.4) is 0 Å². The predicted octanol–water partition coefficient (Wildman–Crippen LogP) is 2.52. The van der Waals surface area contributed by atoms with Gasteiger partial charge in [-0.15, -0.1) is 0 Å². The van der Waals surface area contributed by atoms with Crippen LogP contribution in [0.4, 0.5) is 0 Å². The van der Waals surface area contributed by atoms with Crippen molar-refractivity contribution >= 4 is 5.78 Å². The van der Waals surface area contributed by atoms with Gasteiger partial charge in [0.25, 0.3) is 0 Å². The van der Waals surface area contributed by atoms with E-state index in [0.29, 0.717) is 11.7 Å². The molecule has 14 heavy (non-hydrogen) atoms. The Kier molecular flexibility index (Phi) is 4.11. The summed E-state index contributed by atoms with van der Waals surface area (Å²) in [5.41, 5.74) is 0.208. The van der Waals surface area contributed by atoms with Crippen LogP contribution in [-0.2, 0) is 4.79 Å². The van der Waals surface area contributed by atoms with Gasteiger partial charge in [-0.1, -0.05) is 0 Å². The summed E-state index contributed by atoms with van der Waals surface area (Å²) in [7, 11) is 0. The number of rotatable bonds is 4. The zero-order chi connectivity index (χ0) is 10.6. The fourth-order valence-electron chi connectivity index (χ4n) is 2.00. The monoisotopic (exact) mass is 197 g/mol. The molecule has 1 aliphatic rings. The van der Waals surface area contributed by atoms with Gasteiger partial charge in [0, 0.05) is 17.9 Å². The molecule has 0 aromatic heterocycles. The van der Waals surface area contributed by atoms with Gasteiger partial charge in [0.1, 0.15) is 5.78 Å². The smallest absolute Gasteiger partial charge is 0.135 e. The van der Waals surface area contributed by atoms with E-state index in [2.05, 4.69) is 26.1 Å². The first-order valence-electron chi connectivity index (χ1n) is 5.77. The first-order valence-corrected chi connectivity index (χ1v) is 5.77. The zero-order valence-corrected chi connectivity index (χ0v) is 9.73. The highest BCUT2D eigenvalue weighted by atomic mass is 16.1. The standard InChI is InChI=1S/C12H23NO/c1-12(2,3)13-9-5-7-10-6-4-8-11(10)14/h10,13H,4-9H2,1-3H3. The summed E-state index contributed by atoms with van der Waals surface area (Å²) in [6, 6.07) is 0. The molecule has 0 saturated heterocycles. The average Bonchev–Trinajstić information content (AvgIpc) is 2.44. The Bertz CT molecular complexity index is 193. The topological polar surface area (TPSA) is 29.1 Å². The Morgan fingerprint density at radius 1 is 1.43 bits per heavy atom. The van der Waals surface area contributed by atoms with E-state index >= 15 is 0 Å². The predicted molar refractivity (Wildman–Crippen MR) is 59.3 cm³/mol. The van der Waals surface area contributed by atoms with Crippen molar-refractivity contribution in [3.8, 4) is 0 Å². The summed E-state index contributed by atoms with van der Waals surface area (Å²) >= 11 is 0. The van der Waals surface area contributed by atoms with Crippen molar-refractivity contribution in [2.45, 2.75) is 58.4 Å². The van der Waals surface area contributed by atoms with E-state index in [0.717, 1.165) is 38.6 Å². The number of hydrogen-bond donors (Lipinski definition) is 1. The lowest BCUT2D eigenvalue weighted by Crippen LogP contribution is -2.36. The molecule has 0 spiro atoms. The number of ketones is 1. The Hall–Kier alpha value is -0.370. The maximum absolute atomic E-state index is 11.3. The van der Waals surface area contributed by atoms with Gasteiger partial charge in [0.05, 0.1) is 0 Å². The molecule has 0 bridgehead atoms. The van der Waals surface area contributed by atoms with Crippen LogP contribution in [-0.4, -0.2) is 17.9 Å². The quantitative estimate of drug-likeness (QED) is 0.702. The summed E-state index contributed by atoms with van der Waals surface area (Å²) in [5, 5.41) is 3.45. The summed E-state index contributed by atoms with van der Waals surface area (Å²) < 4.78 is 0. The van der Waals surface area contributed by atoms with Gasteiger partial charge in [-0.05, 0) is 53.0 Å². The third-order valence-electron chi connectivity index (χ3n) is 2.82. The van der Waals surface area contributed by atoms with E-state index in [1.807, 2.05) is 0 Å². The molecule has 1 unspecified atom stereocenters. The molecule has 1 fully saturated rings. The summed E-state index contributed by atoms with van der Waals surface area (Å²) in [6.07, 6.45) is 5.30. The first kappa shape index (κ1) is 11.7. The maximum Gasteiger partial charge on any atom is 0.135 e. The lowest BCUT2D eigenvalue weighted by molar-refractivity contribution is -0.120. The molecule has 82 valence electrons. The molecule has 0 aliphatic heterocycles. The minimum Gasteiger partial charge on any atom is -0.312 e. The number of carbonyl (C=O) groups excluding carboxylic acids is 1. The molecule has 0 heterocycles. The highest BCUT2D eigenvalue weighted by molar-refractivity contribution is 5.82. The second-order valence-electron chi connectivity index (χ2n) is 5.37. The van der Waals surface area contributed by atoms with Crippen molar-refractivity contribution in [3.05, 3.63) is 0 Å². The third kappa shape index (κ3) is 4.23. The van der Waals surface area contributed by atoms with Crippen molar-refractivity contribution < 1.29 is 4.79 Å². The number of Topliss-reactive ketones (excluding diaryl/α,β-unsaturated/α-hetero) is 1. The lowest BCUT2D eigenvalue weighted by Gasteiger charge is -2.20. The summed E-state index contributed by atoms with van der Waals surface area (Å²) in [5.74, 6) is 0.887. The van der Waals surface area contributed by atoms with Gasteiger partial charge in [-0.25, -0.2) is 0 Å². The van der Waals surface area contributed by atoms with Gasteiger partial charge >= 0.3 is 0 Å². The Balaban J connectivity index is 2.07. The molecule has 2 nitrogen and oxygen atoms in total. The highest BCUT2D eigenvalue weighted by Gasteiger charge is 2.23. The van der Waals surface area contributed by atoms with E-state index in [-0.39, 0.29) is 5.54 Å². The van der Waals surface area contributed by atoms with Crippen LogP contribution in [0.2, 0.25) is 0 Å². The second-order valence-corrected chi connectivity index (χ2v) is 5.37. The van der Waals surface area contributed by atoms with Crippen LogP contribution < -0.4 is 5.32 Å². The molecule has 2 heteroatoms. The molecule has 1 N–H and O–H groups in total. The van der Waals surface area contributed by atoms with Gasteiger partial charge in [0.15, 0.2) is 0 Å². The van der Waals surface area contributed by atoms with E-state index in [4.69, 9.17) is 0 Å². The minimum atomic E-state index is 0.208. The maximum atomic E-state index is 11.3. The molecular formula is C12H23NO. The molecule has 1 rings (SSSR count). The Labute approximate surface area is 87.5 Å². The highest BCUT2D eigenvalue weighted by Crippen LogP contribution is 2.25. The van der Waals surface area contributed by atoms with Gasteiger partial charge in [-0.3, -0.25) is 4.79 Å². The lowest BCUT2D eigenvalue weighted by atomic mass is 10.0. The molecule has 0 aromatic carbocycles. The van der Waals surface area contributed by atoms with E-state index in [9.17, 15) is 4.79 Å². The van der Waals surface area contributed by atoms with Crippen LogP contribution in [0, 0.1) is 5.92 Å². The number of carbonyl (C=O) groups is 1. The first-order chi connectivity index (χ1) is 6.49. The summed E-state index contributed by atoms with van der Waals surface area (Å²) in [4.78, 5) is 11.3. The number of hydrogen-bond acceptors (Lipinski definition) is 2. The van der Waals surface area contributed by atoms with Gasteiger partial charge < -0.3 is 5.32 Å². The summed E-state index contributed by atoms with van der Waals surface area (Å²) in [6.45, 7) is 7.56. The Morgan fingerprint density at radius 3 is 2.64 bits per heavy atom. The SMILES string of the molecule is CC(C)(C)NCCCC1CCCC1=O. The second kappa shape index (κ2) is 4.92. The van der Waals surface area contributed by atoms with Crippen molar-refractivity contribution in [1.82, 2.24) is 5.32 Å². The third-order valence-corrected chi connectivity index (χ3v) is 2.82. The van der Waals surface area contributed by atoms with Crippen LogP contribution in [0.15, 0.2) is 0 Å². The van der Waals surface area contributed by atoms with Crippen molar-refractivity contribution in [3.63, 3.8) is 0 Å². The molecular weight excluding hydrogens is 174 g/mol. The minimum absolute atomic E-state index is 0.208. The van der Waals surface area contributed by atoms with E-state index in [1.54, 1.807) is 0 Å². The van der Waals surface area contributed by atoms with Crippen molar-refractivity contribution in [2.24, 2.45) is 5.92 Å². The fraction of sp³-hybridized carbons (Fsp3) is 0.917. The molecule has 1 saturated carbocycles. The van der Waals surface area contributed by atoms with Crippen LogP contribution in [0.5, 0.6) is 0 Å². The normalized spacial score (nSPS) is 23.1. The molecule has 0 radical (unpaired) electrons. The van der Waals surface area contributed by atoms with Gasteiger partial charge in [-0.2, -0.15) is 0 Å². The zero-order valence-electron chi connectivity index (χ0n) is 9.73. The Morgan fingerprint density at radius 2 is 2.14 bits per heavy atom. The van der Waals surface area contributed by atoms with E-state index in [1.165, 1.54) is 0 Å². The fourth-order valence-corrected chi connectivity index (χ4v) is 2.00. The van der Waals surface area contributed by atoms with Crippen molar-refractivity contribution in [2.75, 3.05) is 6.54 Å². The molecule has 1 aliphatic carbocycles. The number of nitrogens with one attached hydrogen (secondary N) is 1. The van der Waals surface area contributed by atoms with Crippen LogP contribution in [0.1, 0.15) is 52.9 Å². The average molecular weight is 197 g/mol. The largest absolute Gasteiger partial charge is 0.312 e. The van der Waals surface area contributed by atoms with Crippen LogP contribution >= 0.6 is 0 Å².